The fourth-order valence-electron chi connectivity index (χ4n) is 3.40. The summed E-state index contributed by atoms with van der Waals surface area (Å²) in [5, 5.41) is 8.18. The van der Waals surface area contributed by atoms with Crippen LogP contribution >= 0.6 is 0 Å². The number of esters is 1. The minimum atomic E-state index is -0.420. The van der Waals surface area contributed by atoms with Crippen molar-refractivity contribution in [2.75, 3.05) is 7.11 Å². The number of nitrogens with zero attached hydrogens (tertiary/aromatic N) is 5. The summed E-state index contributed by atoms with van der Waals surface area (Å²) in [5.74, 6) is 0.846. The lowest BCUT2D eigenvalue weighted by molar-refractivity contribution is 0.0601. The van der Waals surface area contributed by atoms with E-state index < -0.39 is 5.97 Å². The lowest BCUT2D eigenvalue weighted by Crippen LogP contribution is -2.26. The molecule has 142 valence electrons. The van der Waals surface area contributed by atoms with Crippen LogP contribution < -0.4 is 5.69 Å². The SMILES string of the molecule is COC(=O)c1ccc2c(c1)n(Cc1nncn1C(C)C)c(=O)n2CC1CC1. The molecule has 1 fully saturated rings. The molecule has 0 N–H and O–H groups in total. The van der Waals surface area contributed by atoms with Crippen LogP contribution in [0.4, 0.5) is 0 Å². The molecule has 0 atom stereocenters. The Morgan fingerprint density at radius 1 is 1.26 bits per heavy atom. The van der Waals surface area contributed by atoms with Gasteiger partial charge in [-0.25, -0.2) is 9.59 Å². The molecule has 2 heterocycles. The molecule has 1 saturated carbocycles. The molecule has 27 heavy (non-hydrogen) atoms. The first-order valence-electron chi connectivity index (χ1n) is 9.19. The lowest BCUT2D eigenvalue weighted by atomic mass is 10.2. The van der Waals surface area contributed by atoms with Crippen LogP contribution in [0.1, 0.15) is 48.9 Å². The molecular weight excluding hydrogens is 346 g/mol. The Balaban J connectivity index is 1.86. The van der Waals surface area contributed by atoms with Gasteiger partial charge in [0.25, 0.3) is 0 Å². The molecule has 2 aromatic heterocycles. The molecule has 0 bridgehead atoms. The zero-order valence-electron chi connectivity index (χ0n) is 15.8. The average molecular weight is 369 g/mol. The molecule has 3 aromatic rings. The van der Waals surface area contributed by atoms with E-state index in [0.717, 1.165) is 18.4 Å². The second-order valence-electron chi connectivity index (χ2n) is 7.37. The van der Waals surface area contributed by atoms with Gasteiger partial charge in [0.05, 0.1) is 30.3 Å². The fraction of sp³-hybridized carbons (Fsp3) is 0.474. The van der Waals surface area contributed by atoms with Crippen LogP contribution in [0.3, 0.4) is 0 Å². The summed E-state index contributed by atoms with van der Waals surface area (Å²) >= 11 is 0. The van der Waals surface area contributed by atoms with Gasteiger partial charge in [-0.05, 0) is 50.8 Å². The van der Waals surface area contributed by atoms with Gasteiger partial charge in [-0.3, -0.25) is 9.13 Å². The number of hydrogen-bond donors (Lipinski definition) is 0. The predicted octanol–water partition coefficient (Wildman–Crippen LogP) is 2.22. The number of carbonyl (C=O) groups excluding carboxylic acids is 1. The zero-order valence-corrected chi connectivity index (χ0v) is 15.8. The summed E-state index contributed by atoms with van der Waals surface area (Å²) in [6.45, 7) is 5.09. The quantitative estimate of drug-likeness (QED) is 0.622. The largest absolute Gasteiger partial charge is 0.465 e. The Kier molecular flexibility index (Phi) is 4.33. The first-order chi connectivity index (χ1) is 13.0. The van der Waals surface area contributed by atoms with E-state index in [1.165, 1.54) is 7.11 Å². The van der Waals surface area contributed by atoms with Crippen LogP contribution in [-0.2, 0) is 17.8 Å². The number of hydrogen-bond acceptors (Lipinski definition) is 5. The van der Waals surface area contributed by atoms with Crippen molar-refractivity contribution in [1.82, 2.24) is 23.9 Å². The van der Waals surface area contributed by atoms with E-state index >= 15 is 0 Å². The Morgan fingerprint density at radius 3 is 2.70 bits per heavy atom. The molecule has 0 unspecified atom stereocenters. The van der Waals surface area contributed by atoms with Crippen molar-refractivity contribution in [3.05, 3.63) is 46.4 Å². The highest BCUT2D eigenvalue weighted by molar-refractivity contribution is 5.93. The lowest BCUT2D eigenvalue weighted by Gasteiger charge is -2.10. The van der Waals surface area contributed by atoms with Crippen LogP contribution in [-0.4, -0.2) is 37.0 Å². The number of fused-ring (bicyclic) bond motifs is 1. The molecule has 0 radical (unpaired) electrons. The smallest absolute Gasteiger partial charge is 0.337 e. The molecule has 4 rings (SSSR count). The number of aromatic nitrogens is 5. The van der Waals surface area contributed by atoms with Crippen LogP contribution in [0.15, 0.2) is 29.3 Å². The fourth-order valence-corrected chi connectivity index (χ4v) is 3.40. The zero-order chi connectivity index (χ0) is 19.1. The number of imidazole rings is 1. The summed E-state index contributed by atoms with van der Waals surface area (Å²) in [6.07, 6.45) is 3.98. The van der Waals surface area contributed by atoms with Gasteiger partial charge in [0, 0.05) is 12.6 Å². The van der Waals surface area contributed by atoms with E-state index in [1.807, 2.05) is 29.0 Å². The Hall–Kier alpha value is -2.90. The van der Waals surface area contributed by atoms with Crippen molar-refractivity contribution in [3.8, 4) is 0 Å². The maximum absolute atomic E-state index is 13.2. The Labute approximate surface area is 156 Å². The van der Waals surface area contributed by atoms with E-state index in [-0.39, 0.29) is 11.7 Å². The highest BCUT2D eigenvalue weighted by Gasteiger charge is 2.25. The van der Waals surface area contributed by atoms with Gasteiger partial charge in [-0.15, -0.1) is 10.2 Å². The van der Waals surface area contributed by atoms with Gasteiger partial charge in [0.2, 0.25) is 0 Å². The van der Waals surface area contributed by atoms with E-state index in [4.69, 9.17) is 4.74 Å². The molecular formula is C19H23N5O3. The third-order valence-corrected chi connectivity index (χ3v) is 5.08. The topological polar surface area (TPSA) is 83.9 Å². The van der Waals surface area contributed by atoms with Gasteiger partial charge in [-0.1, -0.05) is 0 Å². The van der Waals surface area contributed by atoms with E-state index in [9.17, 15) is 9.59 Å². The second kappa shape index (κ2) is 6.68. The first kappa shape index (κ1) is 17.5. The molecule has 0 aliphatic heterocycles. The van der Waals surface area contributed by atoms with Crippen molar-refractivity contribution < 1.29 is 9.53 Å². The Bertz CT molecular complexity index is 1060. The monoisotopic (exact) mass is 369 g/mol. The summed E-state index contributed by atoms with van der Waals surface area (Å²) < 4.78 is 10.3. The number of ether oxygens (including phenoxy) is 1. The van der Waals surface area contributed by atoms with Crippen molar-refractivity contribution in [2.24, 2.45) is 5.92 Å². The standard InChI is InChI=1S/C19H23N5O3/c1-12(2)24-11-20-21-17(24)10-23-16-8-14(18(25)27-3)6-7-15(16)22(19(23)26)9-13-4-5-13/h6-8,11-13H,4-5,9-10H2,1-3H3. The van der Waals surface area contributed by atoms with E-state index in [1.54, 1.807) is 23.0 Å². The number of carbonyl (C=O) groups is 1. The number of benzene rings is 1. The van der Waals surface area contributed by atoms with E-state index in [2.05, 4.69) is 10.2 Å². The van der Waals surface area contributed by atoms with Gasteiger partial charge in [0.15, 0.2) is 5.82 Å². The molecule has 1 aliphatic rings. The van der Waals surface area contributed by atoms with E-state index in [0.29, 0.717) is 35.9 Å². The van der Waals surface area contributed by atoms with Gasteiger partial charge in [0.1, 0.15) is 6.33 Å². The van der Waals surface area contributed by atoms with Crippen LogP contribution in [0.5, 0.6) is 0 Å². The van der Waals surface area contributed by atoms with Crippen LogP contribution in [0.2, 0.25) is 0 Å². The maximum atomic E-state index is 13.2. The summed E-state index contributed by atoms with van der Waals surface area (Å²) in [5.41, 5.74) is 1.88. The van der Waals surface area contributed by atoms with Crippen molar-refractivity contribution in [2.45, 2.75) is 45.8 Å². The van der Waals surface area contributed by atoms with Crippen LogP contribution in [0.25, 0.3) is 11.0 Å². The predicted molar refractivity (Wildman–Crippen MR) is 99.8 cm³/mol. The number of methoxy groups -OCH3 is 1. The molecule has 0 spiro atoms. The minimum absolute atomic E-state index is 0.0859. The molecule has 1 aromatic carbocycles. The van der Waals surface area contributed by atoms with Crippen molar-refractivity contribution in [3.63, 3.8) is 0 Å². The highest BCUT2D eigenvalue weighted by Crippen LogP contribution is 2.31. The molecule has 8 heteroatoms. The van der Waals surface area contributed by atoms with Crippen molar-refractivity contribution >= 4 is 17.0 Å². The third-order valence-electron chi connectivity index (χ3n) is 5.08. The van der Waals surface area contributed by atoms with Crippen molar-refractivity contribution in [1.29, 1.82) is 0 Å². The molecule has 1 aliphatic carbocycles. The summed E-state index contributed by atoms with van der Waals surface area (Å²) in [4.78, 5) is 25.1. The summed E-state index contributed by atoms with van der Waals surface area (Å²) in [6, 6.07) is 5.45. The third kappa shape index (κ3) is 3.15. The number of rotatable bonds is 6. The van der Waals surface area contributed by atoms with Gasteiger partial charge in [-0.2, -0.15) is 0 Å². The summed E-state index contributed by atoms with van der Waals surface area (Å²) in [7, 11) is 1.35. The van der Waals surface area contributed by atoms with Gasteiger partial charge < -0.3 is 9.30 Å². The molecule has 8 nitrogen and oxygen atoms in total. The van der Waals surface area contributed by atoms with Crippen LogP contribution in [0, 0.1) is 5.92 Å². The second-order valence-corrected chi connectivity index (χ2v) is 7.37. The maximum Gasteiger partial charge on any atom is 0.337 e. The normalized spacial score (nSPS) is 14.2. The first-order valence-corrected chi connectivity index (χ1v) is 9.19. The molecule has 0 amide bonds. The Morgan fingerprint density at radius 2 is 2.04 bits per heavy atom. The molecule has 0 saturated heterocycles. The average Bonchev–Trinajstić information content (AvgIpc) is 3.30. The highest BCUT2D eigenvalue weighted by atomic mass is 16.5. The minimum Gasteiger partial charge on any atom is -0.465 e. The van der Waals surface area contributed by atoms with Gasteiger partial charge >= 0.3 is 11.7 Å².